The number of nitrogens with one attached hydrogen (secondary N) is 1. The molecular weight excluding hydrogens is 232 g/mol. The van der Waals surface area contributed by atoms with E-state index in [1.807, 2.05) is 0 Å². The highest BCUT2D eigenvalue weighted by molar-refractivity contribution is 7.99. The second-order valence-corrected chi connectivity index (χ2v) is 5.06. The van der Waals surface area contributed by atoms with E-state index in [1.165, 1.54) is 11.8 Å². The molecule has 1 aliphatic heterocycles. The molecule has 0 unspecified atom stereocenters. The highest BCUT2D eigenvalue weighted by Gasteiger charge is 2.43. The molecule has 0 spiro atoms. The molecule has 16 heavy (non-hydrogen) atoms. The van der Waals surface area contributed by atoms with Crippen LogP contribution in [0.2, 0.25) is 0 Å². The van der Waals surface area contributed by atoms with Gasteiger partial charge in [-0.1, -0.05) is 0 Å². The Morgan fingerprint density at radius 2 is 2.12 bits per heavy atom. The molecule has 0 bridgehead atoms. The van der Waals surface area contributed by atoms with Crippen LogP contribution in [0.5, 0.6) is 0 Å². The number of hydrogen-bond acceptors (Lipinski definition) is 4. The number of nitrogens with zero attached hydrogens (tertiary/aromatic N) is 1. The summed E-state index contributed by atoms with van der Waals surface area (Å²) in [5, 5.41) is 11.0. The van der Waals surface area contributed by atoms with E-state index in [0.717, 1.165) is 4.90 Å². The van der Waals surface area contributed by atoms with Gasteiger partial charge in [0.1, 0.15) is 5.54 Å². The predicted octanol–water partition coefficient (Wildman–Crippen LogP) is 0.135. The van der Waals surface area contributed by atoms with Crippen LogP contribution in [0.4, 0.5) is 4.79 Å². The first-order chi connectivity index (χ1) is 7.34. The minimum absolute atomic E-state index is 0.0208. The topological polar surface area (TPSA) is 86.7 Å². The zero-order valence-electron chi connectivity index (χ0n) is 9.15. The SMILES string of the molecule is CC1(C)NC(=O)N(CCSCC(=O)O)C1=O. The van der Waals surface area contributed by atoms with Crippen LogP contribution in [0.1, 0.15) is 13.8 Å². The molecule has 2 N–H and O–H groups in total. The largest absolute Gasteiger partial charge is 0.481 e. The highest BCUT2D eigenvalue weighted by Crippen LogP contribution is 2.16. The minimum atomic E-state index is -0.900. The molecule has 1 heterocycles. The third-order valence-corrected chi connectivity index (χ3v) is 3.05. The number of imide groups is 1. The van der Waals surface area contributed by atoms with Gasteiger partial charge in [0.2, 0.25) is 0 Å². The smallest absolute Gasteiger partial charge is 0.325 e. The average Bonchev–Trinajstić information content (AvgIpc) is 2.33. The van der Waals surface area contributed by atoms with Crippen molar-refractivity contribution >= 4 is 29.7 Å². The van der Waals surface area contributed by atoms with Crippen molar-refractivity contribution in [3.8, 4) is 0 Å². The Morgan fingerprint density at radius 1 is 1.50 bits per heavy atom. The monoisotopic (exact) mass is 246 g/mol. The number of carboxylic acid groups (broad SMARTS) is 1. The number of thioether (sulfide) groups is 1. The van der Waals surface area contributed by atoms with Crippen molar-refractivity contribution in [1.82, 2.24) is 10.2 Å². The lowest BCUT2D eigenvalue weighted by molar-refractivity contribution is -0.134. The Kier molecular flexibility index (Phi) is 3.79. The molecule has 0 saturated carbocycles. The van der Waals surface area contributed by atoms with Gasteiger partial charge in [0, 0.05) is 12.3 Å². The van der Waals surface area contributed by atoms with Crippen molar-refractivity contribution < 1.29 is 19.5 Å². The fraction of sp³-hybridized carbons (Fsp3) is 0.667. The minimum Gasteiger partial charge on any atom is -0.481 e. The summed E-state index contributed by atoms with van der Waals surface area (Å²) in [7, 11) is 0. The first kappa shape index (κ1) is 12.8. The first-order valence-electron chi connectivity index (χ1n) is 4.78. The van der Waals surface area contributed by atoms with Gasteiger partial charge in [-0.15, -0.1) is 11.8 Å². The summed E-state index contributed by atoms with van der Waals surface area (Å²) in [6, 6.07) is -0.411. The number of carbonyl (C=O) groups excluding carboxylic acids is 2. The summed E-state index contributed by atoms with van der Waals surface area (Å²) in [5.74, 6) is -0.759. The van der Waals surface area contributed by atoms with E-state index in [0.29, 0.717) is 5.75 Å². The van der Waals surface area contributed by atoms with Crippen molar-refractivity contribution in [3.05, 3.63) is 0 Å². The normalized spacial score (nSPS) is 18.8. The average molecular weight is 246 g/mol. The maximum Gasteiger partial charge on any atom is 0.325 e. The molecule has 1 aliphatic rings. The lowest BCUT2D eigenvalue weighted by atomic mass is 10.1. The third-order valence-electron chi connectivity index (χ3n) is 2.13. The Bertz CT molecular complexity index is 329. The molecule has 7 heteroatoms. The number of carboxylic acids is 1. The van der Waals surface area contributed by atoms with Crippen molar-refractivity contribution in [2.24, 2.45) is 0 Å². The van der Waals surface area contributed by atoms with E-state index < -0.39 is 17.5 Å². The summed E-state index contributed by atoms with van der Waals surface area (Å²) in [6.45, 7) is 3.52. The Balaban J connectivity index is 2.41. The summed E-state index contributed by atoms with van der Waals surface area (Å²) in [6.07, 6.45) is 0. The van der Waals surface area contributed by atoms with Gasteiger partial charge in [-0.2, -0.15) is 0 Å². The number of carbonyl (C=O) groups is 3. The third kappa shape index (κ3) is 2.88. The van der Waals surface area contributed by atoms with Crippen molar-refractivity contribution in [1.29, 1.82) is 0 Å². The number of amides is 3. The number of hydrogen-bond donors (Lipinski definition) is 2. The van der Waals surface area contributed by atoms with Crippen LogP contribution in [-0.2, 0) is 9.59 Å². The van der Waals surface area contributed by atoms with Crippen molar-refractivity contribution in [3.63, 3.8) is 0 Å². The van der Waals surface area contributed by atoms with Gasteiger partial charge in [-0.3, -0.25) is 14.5 Å². The van der Waals surface area contributed by atoms with Gasteiger partial charge >= 0.3 is 12.0 Å². The molecule has 0 radical (unpaired) electrons. The van der Waals surface area contributed by atoms with E-state index in [9.17, 15) is 14.4 Å². The van der Waals surface area contributed by atoms with Crippen LogP contribution < -0.4 is 5.32 Å². The quantitative estimate of drug-likeness (QED) is 0.532. The second-order valence-electron chi connectivity index (χ2n) is 3.96. The lowest BCUT2D eigenvalue weighted by Gasteiger charge is -2.15. The van der Waals surface area contributed by atoms with Gasteiger partial charge in [-0.05, 0) is 13.8 Å². The standard InChI is InChI=1S/C9H14N2O4S/c1-9(2)7(14)11(8(15)10-9)3-4-16-5-6(12)13/h3-5H2,1-2H3,(H,10,15)(H,12,13). The predicted molar refractivity (Wildman–Crippen MR) is 59.3 cm³/mol. The molecule has 1 fully saturated rings. The van der Waals surface area contributed by atoms with E-state index in [4.69, 9.17) is 5.11 Å². The number of aliphatic carboxylic acids is 1. The summed E-state index contributed by atoms with van der Waals surface area (Å²) in [4.78, 5) is 34.4. The molecule has 1 rings (SSSR count). The molecule has 1 saturated heterocycles. The molecular formula is C9H14N2O4S. The molecule has 90 valence electrons. The molecule has 0 aromatic heterocycles. The van der Waals surface area contributed by atoms with Crippen LogP contribution in [0.3, 0.4) is 0 Å². The summed E-state index contributed by atoms with van der Waals surface area (Å²) >= 11 is 1.18. The summed E-state index contributed by atoms with van der Waals surface area (Å²) < 4.78 is 0. The van der Waals surface area contributed by atoms with Crippen LogP contribution in [-0.4, -0.2) is 51.5 Å². The second kappa shape index (κ2) is 4.73. The van der Waals surface area contributed by atoms with Crippen LogP contribution >= 0.6 is 11.8 Å². The maximum atomic E-state index is 11.7. The van der Waals surface area contributed by atoms with Gasteiger partial charge in [0.15, 0.2) is 0 Å². The molecule has 3 amide bonds. The zero-order valence-corrected chi connectivity index (χ0v) is 9.97. The van der Waals surface area contributed by atoms with Crippen molar-refractivity contribution in [2.75, 3.05) is 18.1 Å². The van der Waals surface area contributed by atoms with Gasteiger partial charge < -0.3 is 10.4 Å². The van der Waals surface area contributed by atoms with E-state index >= 15 is 0 Å². The Morgan fingerprint density at radius 3 is 2.56 bits per heavy atom. The van der Waals surface area contributed by atoms with Crippen LogP contribution in [0, 0.1) is 0 Å². The fourth-order valence-electron chi connectivity index (χ4n) is 1.34. The molecule has 0 aliphatic carbocycles. The molecule has 0 aromatic carbocycles. The number of urea groups is 1. The van der Waals surface area contributed by atoms with E-state index in [2.05, 4.69) is 5.32 Å². The first-order valence-corrected chi connectivity index (χ1v) is 5.94. The molecule has 0 aromatic rings. The highest BCUT2D eigenvalue weighted by atomic mass is 32.2. The van der Waals surface area contributed by atoms with Crippen LogP contribution in [0.15, 0.2) is 0 Å². The molecule has 6 nitrogen and oxygen atoms in total. The van der Waals surface area contributed by atoms with Crippen LogP contribution in [0.25, 0.3) is 0 Å². The fourth-order valence-corrected chi connectivity index (χ4v) is 1.97. The van der Waals surface area contributed by atoms with Gasteiger partial charge in [0.25, 0.3) is 5.91 Å². The van der Waals surface area contributed by atoms with E-state index in [-0.39, 0.29) is 18.2 Å². The number of rotatable bonds is 5. The molecule has 0 atom stereocenters. The Hall–Kier alpha value is -1.24. The van der Waals surface area contributed by atoms with Crippen molar-refractivity contribution in [2.45, 2.75) is 19.4 Å². The van der Waals surface area contributed by atoms with E-state index in [1.54, 1.807) is 13.8 Å². The summed E-state index contributed by atoms with van der Waals surface area (Å²) in [5.41, 5.74) is -0.853. The van der Waals surface area contributed by atoms with Gasteiger partial charge in [-0.25, -0.2) is 4.79 Å². The van der Waals surface area contributed by atoms with Gasteiger partial charge in [0.05, 0.1) is 5.75 Å². The zero-order chi connectivity index (χ0) is 12.3. The lowest BCUT2D eigenvalue weighted by Crippen LogP contribution is -2.40. The maximum absolute atomic E-state index is 11.7. The Labute approximate surface area is 97.4 Å².